The molecular formula is C15H15NO3S. The van der Waals surface area contributed by atoms with Crippen LogP contribution in [0.2, 0.25) is 0 Å². The lowest BCUT2D eigenvalue weighted by Gasteiger charge is -2.15. The first-order chi connectivity index (χ1) is 9.71. The molecule has 1 heterocycles. The van der Waals surface area contributed by atoms with E-state index < -0.39 is 0 Å². The fourth-order valence-corrected chi connectivity index (χ4v) is 3.50. The zero-order valence-corrected chi connectivity index (χ0v) is 12.3. The van der Waals surface area contributed by atoms with E-state index in [-0.39, 0.29) is 12.4 Å². The smallest absolute Gasteiger partial charge is 0.312 e. The van der Waals surface area contributed by atoms with Crippen molar-refractivity contribution >= 4 is 17.3 Å². The SMILES string of the molecule is COC(=O)Cc1nc2c(s1)CCc1cc(OC)ccc1-2. The highest BCUT2D eigenvalue weighted by Gasteiger charge is 2.22. The quantitative estimate of drug-likeness (QED) is 0.815. The van der Waals surface area contributed by atoms with Crippen molar-refractivity contribution in [3.05, 3.63) is 33.6 Å². The van der Waals surface area contributed by atoms with E-state index in [1.54, 1.807) is 18.4 Å². The normalized spacial score (nSPS) is 12.5. The minimum absolute atomic E-state index is 0.244. The molecule has 1 aliphatic rings. The van der Waals surface area contributed by atoms with Gasteiger partial charge in [-0.25, -0.2) is 4.98 Å². The van der Waals surface area contributed by atoms with Gasteiger partial charge in [-0.05, 0) is 36.6 Å². The fourth-order valence-electron chi connectivity index (χ4n) is 2.43. The van der Waals surface area contributed by atoms with Crippen LogP contribution in [0, 0.1) is 0 Å². The second-order valence-corrected chi connectivity index (χ2v) is 5.82. The summed E-state index contributed by atoms with van der Waals surface area (Å²) in [6, 6.07) is 6.07. The van der Waals surface area contributed by atoms with Gasteiger partial charge in [0.1, 0.15) is 10.8 Å². The van der Waals surface area contributed by atoms with Gasteiger partial charge in [0.25, 0.3) is 0 Å². The van der Waals surface area contributed by atoms with Gasteiger partial charge < -0.3 is 9.47 Å². The first-order valence-electron chi connectivity index (χ1n) is 6.44. The number of rotatable bonds is 3. The molecule has 104 valence electrons. The number of thiazole rings is 1. The predicted octanol–water partition coefficient (Wildman–Crippen LogP) is 2.63. The molecule has 0 radical (unpaired) electrons. The molecule has 1 aromatic carbocycles. The van der Waals surface area contributed by atoms with E-state index in [2.05, 4.69) is 11.1 Å². The van der Waals surface area contributed by atoms with Gasteiger partial charge in [-0.2, -0.15) is 0 Å². The van der Waals surface area contributed by atoms with Crippen LogP contribution in [0.25, 0.3) is 11.3 Å². The number of nitrogens with zero attached hydrogens (tertiary/aromatic N) is 1. The highest BCUT2D eigenvalue weighted by molar-refractivity contribution is 7.12. The van der Waals surface area contributed by atoms with Crippen molar-refractivity contribution in [2.24, 2.45) is 0 Å². The number of carbonyl (C=O) groups excluding carboxylic acids is 1. The van der Waals surface area contributed by atoms with Gasteiger partial charge in [-0.15, -0.1) is 11.3 Å². The van der Waals surface area contributed by atoms with Crippen LogP contribution in [0.5, 0.6) is 5.75 Å². The third kappa shape index (κ3) is 2.29. The summed E-state index contributed by atoms with van der Waals surface area (Å²) in [4.78, 5) is 17.2. The molecule has 0 aliphatic heterocycles. The first kappa shape index (κ1) is 13.1. The molecule has 0 atom stereocenters. The van der Waals surface area contributed by atoms with E-state index in [0.29, 0.717) is 0 Å². The van der Waals surface area contributed by atoms with E-state index in [9.17, 15) is 4.79 Å². The second-order valence-electron chi connectivity index (χ2n) is 4.66. The zero-order valence-electron chi connectivity index (χ0n) is 11.4. The molecule has 0 bridgehead atoms. The summed E-state index contributed by atoms with van der Waals surface area (Å²) in [5.41, 5.74) is 3.42. The van der Waals surface area contributed by atoms with E-state index in [0.717, 1.165) is 34.9 Å². The van der Waals surface area contributed by atoms with Crippen molar-refractivity contribution in [1.29, 1.82) is 0 Å². The highest BCUT2D eigenvalue weighted by Crippen LogP contribution is 2.37. The lowest BCUT2D eigenvalue weighted by Crippen LogP contribution is -2.04. The van der Waals surface area contributed by atoms with Crippen molar-refractivity contribution in [2.75, 3.05) is 14.2 Å². The number of aryl methyl sites for hydroxylation is 2. The Morgan fingerprint density at radius 1 is 1.35 bits per heavy atom. The number of carbonyl (C=O) groups is 1. The van der Waals surface area contributed by atoms with Crippen LogP contribution < -0.4 is 4.74 Å². The molecule has 0 saturated carbocycles. The molecule has 0 fully saturated rings. The van der Waals surface area contributed by atoms with Crippen LogP contribution in [0.15, 0.2) is 18.2 Å². The topological polar surface area (TPSA) is 48.4 Å². The Labute approximate surface area is 121 Å². The largest absolute Gasteiger partial charge is 0.497 e. The molecular weight excluding hydrogens is 274 g/mol. The van der Waals surface area contributed by atoms with Gasteiger partial charge in [0.2, 0.25) is 0 Å². The van der Waals surface area contributed by atoms with Crippen molar-refractivity contribution in [3.63, 3.8) is 0 Å². The Balaban J connectivity index is 1.97. The summed E-state index contributed by atoms with van der Waals surface area (Å²) >= 11 is 1.61. The van der Waals surface area contributed by atoms with E-state index in [1.807, 2.05) is 12.1 Å². The summed E-state index contributed by atoms with van der Waals surface area (Å²) in [5, 5.41) is 0.825. The predicted molar refractivity (Wildman–Crippen MR) is 77.2 cm³/mol. The number of benzene rings is 1. The van der Waals surface area contributed by atoms with Crippen LogP contribution in [-0.4, -0.2) is 25.2 Å². The molecule has 0 N–H and O–H groups in total. The molecule has 5 heteroatoms. The highest BCUT2D eigenvalue weighted by atomic mass is 32.1. The Hall–Kier alpha value is -1.88. The number of hydrogen-bond donors (Lipinski definition) is 0. The number of aromatic nitrogens is 1. The molecule has 0 unspecified atom stereocenters. The van der Waals surface area contributed by atoms with Crippen LogP contribution >= 0.6 is 11.3 Å². The van der Waals surface area contributed by atoms with Crippen molar-refractivity contribution in [3.8, 4) is 17.0 Å². The molecule has 20 heavy (non-hydrogen) atoms. The standard InChI is InChI=1S/C15H15NO3S/c1-18-10-4-5-11-9(7-10)3-6-12-15(11)16-13(20-12)8-14(17)19-2/h4-5,7H,3,6,8H2,1-2H3. The van der Waals surface area contributed by atoms with Crippen molar-refractivity contribution in [2.45, 2.75) is 19.3 Å². The Morgan fingerprint density at radius 2 is 2.20 bits per heavy atom. The minimum atomic E-state index is -0.244. The molecule has 4 nitrogen and oxygen atoms in total. The third-order valence-electron chi connectivity index (χ3n) is 3.45. The lowest BCUT2D eigenvalue weighted by molar-refractivity contribution is -0.139. The summed E-state index contributed by atoms with van der Waals surface area (Å²) in [5.74, 6) is 0.628. The maximum absolute atomic E-state index is 11.4. The van der Waals surface area contributed by atoms with E-state index >= 15 is 0 Å². The monoisotopic (exact) mass is 289 g/mol. The number of ether oxygens (including phenoxy) is 2. The average Bonchev–Trinajstić information content (AvgIpc) is 2.89. The Kier molecular flexibility index (Phi) is 3.44. The zero-order chi connectivity index (χ0) is 14.1. The number of hydrogen-bond acceptors (Lipinski definition) is 5. The summed E-state index contributed by atoms with van der Waals surface area (Å²) in [6.07, 6.45) is 2.20. The van der Waals surface area contributed by atoms with Crippen molar-refractivity contribution < 1.29 is 14.3 Å². The first-order valence-corrected chi connectivity index (χ1v) is 7.25. The molecule has 0 spiro atoms. The third-order valence-corrected chi connectivity index (χ3v) is 4.57. The maximum atomic E-state index is 11.4. The van der Waals surface area contributed by atoms with Gasteiger partial charge in [0.15, 0.2) is 0 Å². The Bertz CT molecular complexity index is 663. The van der Waals surface area contributed by atoms with Gasteiger partial charge >= 0.3 is 5.97 Å². The molecule has 2 aromatic rings. The summed E-state index contributed by atoms with van der Waals surface area (Å²) < 4.78 is 9.96. The average molecular weight is 289 g/mol. The number of esters is 1. The lowest BCUT2D eigenvalue weighted by atomic mass is 9.93. The van der Waals surface area contributed by atoms with Crippen LogP contribution in [0.1, 0.15) is 15.4 Å². The molecule has 0 saturated heterocycles. The number of fused-ring (bicyclic) bond motifs is 3. The minimum Gasteiger partial charge on any atom is -0.497 e. The van der Waals surface area contributed by atoms with Crippen LogP contribution in [-0.2, 0) is 28.8 Å². The number of methoxy groups -OCH3 is 2. The Morgan fingerprint density at radius 3 is 2.95 bits per heavy atom. The fraction of sp³-hybridized carbons (Fsp3) is 0.333. The van der Waals surface area contributed by atoms with Gasteiger partial charge in [0.05, 0.1) is 26.3 Å². The molecule has 3 rings (SSSR count). The van der Waals surface area contributed by atoms with Crippen LogP contribution in [0.4, 0.5) is 0 Å². The van der Waals surface area contributed by atoms with Gasteiger partial charge in [0, 0.05) is 10.4 Å². The van der Waals surface area contributed by atoms with E-state index in [1.165, 1.54) is 17.6 Å². The van der Waals surface area contributed by atoms with Crippen LogP contribution in [0.3, 0.4) is 0 Å². The molecule has 1 aromatic heterocycles. The molecule has 1 aliphatic carbocycles. The second kappa shape index (κ2) is 5.25. The van der Waals surface area contributed by atoms with Crippen molar-refractivity contribution in [1.82, 2.24) is 4.98 Å². The van der Waals surface area contributed by atoms with Gasteiger partial charge in [-0.3, -0.25) is 4.79 Å². The maximum Gasteiger partial charge on any atom is 0.312 e. The summed E-state index contributed by atoms with van der Waals surface area (Å²) in [6.45, 7) is 0. The summed E-state index contributed by atoms with van der Waals surface area (Å²) in [7, 11) is 3.07. The van der Waals surface area contributed by atoms with E-state index in [4.69, 9.17) is 9.47 Å². The molecule has 0 amide bonds. The van der Waals surface area contributed by atoms with Gasteiger partial charge in [-0.1, -0.05) is 0 Å².